The second-order valence-electron chi connectivity index (χ2n) is 3.83. The van der Waals surface area contributed by atoms with E-state index in [9.17, 15) is 4.79 Å². The van der Waals surface area contributed by atoms with Gasteiger partial charge in [0, 0.05) is 11.8 Å². The van der Waals surface area contributed by atoms with E-state index < -0.39 is 0 Å². The molecule has 0 aliphatic heterocycles. The normalized spacial score (nSPS) is 9.61. The largest absolute Gasteiger partial charge is 1.00 e. The quantitative estimate of drug-likeness (QED) is 0.481. The smallest absolute Gasteiger partial charge is 0.206 e. The third kappa shape index (κ3) is 3.99. The van der Waals surface area contributed by atoms with E-state index in [4.69, 9.17) is 0 Å². The lowest BCUT2D eigenvalue weighted by Gasteiger charge is -2.01. The van der Waals surface area contributed by atoms with Crippen LogP contribution in [0.15, 0.2) is 35.1 Å². The second kappa shape index (κ2) is 8.11. The molecule has 18 heavy (non-hydrogen) atoms. The highest BCUT2D eigenvalue weighted by Crippen LogP contribution is 2.06. The lowest BCUT2D eigenvalue weighted by molar-refractivity contribution is -0.579. The molecule has 1 heterocycles. The second-order valence-corrected chi connectivity index (χ2v) is 3.83. The Labute approximate surface area is 118 Å². The van der Waals surface area contributed by atoms with Crippen molar-refractivity contribution in [3.63, 3.8) is 0 Å². The molecule has 0 unspecified atom stereocenters. The Kier molecular flexibility index (Phi) is 7.62. The number of pyridine rings is 1. The van der Waals surface area contributed by atoms with Gasteiger partial charge < -0.3 is 35.5 Å². The average Bonchev–Trinajstić information content (AvgIpc) is 2.30. The third-order valence-corrected chi connectivity index (χ3v) is 2.58. The summed E-state index contributed by atoms with van der Waals surface area (Å²) in [5, 5.41) is 2.80. The van der Waals surface area contributed by atoms with Crippen molar-refractivity contribution in [3.05, 3.63) is 40.6 Å². The summed E-state index contributed by atoms with van der Waals surface area (Å²) in [6, 6.07) is 9.23. The van der Waals surface area contributed by atoms with Crippen molar-refractivity contribution in [2.24, 2.45) is 0 Å². The minimum Gasteiger partial charge on any atom is -1.00 e. The van der Waals surface area contributed by atoms with Crippen molar-refractivity contribution < 1.29 is 35.9 Å². The van der Waals surface area contributed by atoms with Crippen molar-refractivity contribution in [2.75, 3.05) is 13.1 Å². The molecular formula is C12H17Cl2N3O. The van der Waals surface area contributed by atoms with Crippen LogP contribution in [-0.2, 0) is 0 Å². The Morgan fingerprint density at radius 2 is 1.94 bits per heavy atom. The fraction of sp³-hybridized carbons (Fsp3) is 0.250. The first-order chi connectivity index (χ1) is 7.81. The number of para-hydroxylation sites is 1. The predicted octanol–water partition coefficient (Wildman–Crippen LogP) is -6.64. The number of benzene rings is 1. The van der Waals surface area contributed by atoms with E-state index in [1.165, 1.54) is 0 Å². The van der Waals surface area contributed by atoms with Gasteiger partial charge in [0.05, 0.1) is 24.7 Å². The molecule has 0 spiro atoms. The molecular weight excluding hydrogens is 273 g/mol. The van der Waals surface area contributed by atoms with Gasteiger partial charge in [-0.25, -0.2) is 0 Å². The van der Waals surface area contributed by atoms with Crippen LogP contribution in [0.1, 0.15) is 6.42 Å². The molecule has 2 aromatic rings. The zero-order valence-electron chi connectivity index (χ0n) is 9.96. The Morgan fingerprint density at radius 1 is 1.22 bits per heavy atom. The lowest BCUT2D eigenvalue weighted by Crippen LogP contribution is -3.00. The van der Waals surface area contributed by atoms with Crippen molar-refractivity contribution in [1.82, 2.24) is 4.98 Å². The molecule has 0 saturated carbocycles. The summed E-state index contributed by atoms with van der Waals surface area (Å²) in [4.78, 5) is 15.0. The summed E-state index contributed by atoms with van der Waals surface area (Å²) in [6.07, 6.45) is 1.05. The number of aromatic amines is 1. The maximum absolute atomic E-state index is 11.8. The van der Waals surface area contributed by atoms with Crippen LogP contribution in [0.2, 0.25) is 0 Å². The van der Waals surface area contributed by atoms with Crippen molar-refractivity contribution in [1.29, 1.82) is 0 Å². The summed E-state index contributed by atoms with van der Waals surface area (Å²) in [5.74, 6) is 0.900. The van der Waals surface area contributed by atoms with Gasteiger partial charge in [-0.1, -0.05) is 12.1 Å². The van der Waals surface area contributed by atoms with Crippen LogP contribution >= 0.6 is 0 Å². The van der Waals surface area contributed by atoms with Gasteiger partial charge in [-0.3, -0.25) is 10.1 Å². The highest BCUT2D eigenvalue weighted by Gasteiger charge is 2.03. The molecule has 0 radical (unpaired) electrons. The van der Waals surface area contributed by atoms with Crippen LogP contribution in [-0.4, -0.2) is 18.1 Å². The number of H-pyrrole nitrogens is 1. The molecule has 0 bridgehead atoms. The monoisotopic (exact) mass is 289 g/mol. The van der Waals surface area contributed by atoms with Crippen molar-refractivity contribution in [2.45, 2.75) is 6.42 Å². The van der Waals surface area contributed by atoms with Crippen LogP contribution in [0.4, 0.5) is 5.82 Å². The number of halogens is 2. The molecule has 0 amide bonds. The van der Waals surface area contributed by atoms with E-state index in [0.29, 0.717) is 0 Å². The first-order valence-electron chi connectivity index (χ1n) is 5.56. The number of quaternary nitrogens is 2. The molecule has 100 valence electrons. The molecule has 4 nitrogen and oxygen atoms in total. The van der Waals surface area contributed by atoms with Gasteiger partial charge in [-0.05, 0) is 12.1 Å². The van der Waals surface area contributed by atoms with Crippen molar-refractivity contribution in [3.8, 4) is 0 Å². The van der Waals surface area contributed by atoms with E-state index in [2.05, 4.69) is 16.0 Å². The molecule has 2 rings (SSSR count). The number of nitrogens with two attached hydrogens (primary N) is 1. The highest BCUT2D eigenvalue weighted by atomic mass is 35.5. The maximum Gasteiger partial charge on any atom is 0.206 e. The zero-order valence-corrected chi connectivity index (χ0v) is 11.5. The van der Waals surface area contributed by atoms with E-state index in [-0.39, 0.29) is 30.2 Å². The molecule has 0 saturated heterocycles. The average molecular weight is 290 g/mol. The Bertz CT molecular complexity index is 542. The van der Waals surface area contributed by atoms with Gasteiger partial charge >= 0.3 is 0 Å². The molecule has 0 fully saturated rings. The summed E-state index contributed by atoms with van der Waals surface area (Å²) >= 11 is 0. The number of aromatic nitrogens is 1. The van der Waals surface area contributed by atoms with Crippen LogP contribution in [0.25, 0.3) is 10.9 Å². The molecule has 0 aliphatic rings. The van der Waals surface area contributed by atoms with E-state index in [0.717, 1.165) is 36.2 Å². The Hall–Kier alpha value is -1.07. The zero-order chi connectivity index (χ0) is 11.4. The summed E-state index contributed by atoms with van der Waals surface area (Å²) in [7, 11) is 0. The molecule has 6 N–H and O–H groups in total. The van der Waals surface area contributed by atoms with Gasteiger partial charge in [0.1, 0.15) is 0 Å². The number of hydrogen-bond donors (Lipinski definition) is 3. The summed E-state index contributed by atoms with van der Waals surface area (Å²) in [6.45, 7) is 1.88. The van der Waals surface area contributed by atoms with Gasteiger partial charge in [0.25, 0.3) is 0 Å². The first kappa shape index (κ1) is 16.9. The molecule has 1 aromatic carbocycles. The van der Waals surface area contributed by atoms with E-state index in [1.807, 2.05) is 24.3 Å². The number of rotatable bonds is 4. The highest BCUT2D eigenvalue weighted by molar-refractivity contribution is 5.79. The van der Waals surface area contributed by atoms with Crippen molar-refractivity contribution >= 4 is 16.7 Å². The Balaban J connectivity index is 0.00000144. The molecule has 0 aliphatic carbocycles. The van der Waals surface area contributed by atoms with Crippen LogP contribution < -0.4 is 41.3 Å². The molecule has 0 atom stereocenters. The lowest BCUT2D eigenvalue weighted by atomic mass is 10.2. The molecule has 1 aromatic heterocycles. The third-order valence-electron chi connectivity index (χ3n) is 2.58. The minimum atomic E-state index is 0. The van der Waals surface area contributed by atoms with E-state index in [1.54, 1.807) is 6.07 Å². The fourth-order valence-electron chi connectivity index (χ4n) is 1.73. The number of fused-ring (bicyclic) bond motifs is 1. The Morgan fingerprint density at radius 3 is 2.67 bits per heavy atom. The molecule has 6 heteroatoms. The maximum atomic E-state index is 11.8. The van der Waals surface area contributed by atoms with Gasteiger partial charge in [-0.15, -0.1) is 0 Å². The number of nitrogens with one attached hydrogen (secondary N) is 1. The van der Waals surface area contributed by atoms with Gasteiger partial charge in [-0.2, -0.15) is 0 Å². The topological polar surface area (TPSA) is 77.1 Å². The minimum absolute atomic E-state index is 0. The summed E-state index contributed by atoms with van der Waals surface area (Å²) < 4.78 is 0. The SMILES string of the molecule is [Cl-].[Cl-].[NH3+]CCC[NH2+]c1cc(=O)c2ccccc2[nH]1. The van der Waals surface area contributed by atoms with Gasteiger partial charge in [0.15, 0.2) is 5.43 Å². The number of hydrogen-bond acceptors (Lipinski definition) is 1. The summed E-state index contributed by atoms with van der Waals surface area (Å²) in [5.41, 5.74) is 4.77. The first-order valence-corrected chi connectivity index (χ1v) is 5.56. The predicted molar refractivity (Wildman–Crippen MR) is 63.4 cm³/mol. The fourth-order valence-corrected chi connectivity index (χ4v) is 1.73. The van der Waals surface area contributed by atoms with E-state index >= 15 is 0 Å². The van der Waals surface area contributed by atoms with Gasteiger partial charge in [0.2, 0.25) is 5.82 Å². The van der Waals surface area contributed by atoms with Crippen LogP contribution in [0.3, 0.4) is 0 Å². The standard InChI is InChI=1S/C12H15N3O.2ClH/c13-6-3-7-14-12-8-11(16)9-4-1-2-5-10(9)15-12;;/h1-2,4-5,8H,3,6-7,13H2,(H2,14,15,16);2*1H. The van der Waals surface area contributed by atoms with Crippen LogP contribution in [0, 0.1) is 0 Å². The van der Waals surface area contributed by atoms with Crippen LogP contribution in [0.5, 0.6) is 0 Å².